The summed E-state index contributed by atoms with van der Waals surface area (Å²) in [5.41, 5.74) is 9.51. The van der Waals surface area contributed by atoms with Crippen LogP contribution in [-0.4, -0.2) is 10.9 Å². The fourth-order valence-corrected chi connectivity index (χ4v) is 0.824. The van der Waals surface area contributed by atoms with E-state index in [4.69, 9.17) is 23.1 Å². The zero-order valence-electron chi connectivity index (χ0n) is 5.84. The van der Waals surface area contributed by atoms with Crippen LogP contribution in [0.5, 0.6) is 0 Å². The Labute approximate surface area is 72.3 Å². The second-order valence-electron chi connectivity index (χ2n) is 2.05. The number of primary amides is 1. The lowest BCUT2D eigenvalue weighted by Gasteiger charge is -2.02. The molecule has 4 nitrogen and oxygen atoms in total. The van der Waals surface area contributed by atoms with E-state index in [1.54, 1.807) is 0 Å². The Balaban J connectivity index is 3.36. The molecule has 0 bridgehead atoms. The van der Waals surface area contributed by atoms with Crippen LogP contribution in [0.4, 0.5) is 10.1 Å². The number of aromatic nitrogens is 1. The van der Waals surface area contributed by atoms with Crippen LogP contribution in [-0.2, 0) is 0 Å². The Kier molecular flexibility index (Phi) is 2.14. The molecule has 1 rings (SSSR count). The van der Waals surface area contributed by atoms with Gasteiger partial charge in [0, 0.05) is 6.20 Å². The molecule has 1 aromatic heterocycles. The van der Waals surface area contributed by atoms with Gasteiger partial charge in [-0.25, -0.2) is 9.37 Å². The van der Waals surface area contributed by atoms with Crippen LogP contribution in [0.1, 0.15) is 10.4 Å². The maximum absolute atomic E-state index is 12.8. The van der Waals surface area contributed by atoms with E-state index in [1.807, 2.05) is 0 Å². The fourth-order valence-electron chi connectivity index (χ4n) is 0.673. The van der Waals surface area contributed by atoms with Crippen molar-refractivity contribution in [3.05, 3.63) is 22.7 Å². The maximum Gasteiger partial charge on any atom is 0.252 e. The SMILES string of the molecule is NC(=O)c1cnc(Cl)c(F)c1N. The molecule has 12 heavy (non-hydrogen) atoms. The van der Waals surface area contributed by atoms with Crippen LogP contribution in [0.3, 0.4) is 0 Å². The first-order valence-corrected chi connectivity index (χ1v) is 3.31. The zero-order chi connectivity index (χ0) is 9.30. The lowest BCUT2D eigenvalue weighted by atomic mass is 10.2. The number of pyridine rings is 1. The van der Waals surface area contributed by atoms with E-state index < -0.39 is 11.7 Å². The number of hydrogen-bond acceptors (Lipinski definition) is 3. The van der Waals surface area contributed by atoms with Crippen molar-refractivity contribution in [1.82, 2.24) is 4.98 Å². The summed E-state index contributed by atoms with van der Waals surface area (Å²) in [4.78, 5) is 13.9. The molecule has 0 spiro atoms. The van der Waals surface area contributed by atoms with Gasteiger partial charge in [-0.15, -0.1) is 0 Å². The molecule has 0 aromatic carbocycles. The number of carbonyl (C=O) groups excluding carboxylic acids is 1. The summed E-state index contributed by atoms with van der Waals surface area (Å²) < 4.78 is 12.8. The Hall–Kier alpha value is -1.36. The van der Waals surface area contributed by atoms with Gasteiger partial charge in [-0.3, -0.25) is 4.79 Å². The van der Waals surface area contributed by atoms with E-state index in [0.29, 0.717) is 0 Å². The zero-order valence-corrected chi connectivity index (χ0v) is 6.60. The third-order valence-corrected chi connectivity index (χ3v) is 1.54. The minimum absolute atomic E-state index is 0.170. The number of nitrogens with two attached hydrogens (primary N) is 2. The third kappa shape index (κ3) is 1.31. The molecule has 0 aliphatic rings. The Bertz CT molecular complexity index is 342. The van der Waals surface area contributed by atoms with E-state index in [-0.39, 0.29) is 16.4 Å². The molecule has 0 fully saturated rings. The van der Waals surface area contributed by atoms with Crippen molar-refractivity contribution in [1.29, 1.82) is 0 Å². The van der Waals surface area contributed by atoms with E-state index in [1.165, 1.54) is 0 Å². The quantitative estimate of drug-likeness (QED) is 0.633. The van der Waals surface area contributed by atoms with Crippen molar-refractivity contribution in [2.24, 2.45) is 5.73 Å². The highest BCUT2D eigenvalue weighted by atomic mass is 35.5. The highest BCUT2D eigenvalue weighted by Gasteiger charge is 2.13. The molecule has 0 aliphatic carbocycles. The van der Waals surface area contributed by atoms with Gasteiger partial charge < -0.3 is 11.5 Å². The molecule has 0 aliphatic heterocycles. The molecular formula is C6H5ClFN3O. The van der Waals surface area contributed by atoms with Crippen LogP contribution in [0.2, 0.25) is 5.15 Å². The van der Waals surface area contributed by atoms with Gasteiger partial charge in [0.05, 0.1) is 11.3 Å². The van der Waals surface area contributed by atoms with Crippen molar-refractivity contribution in [2.45, 2.75) is 0 Å². The Morgan fingerprint density at radius 1 is 1.67 bits per heavy atom. The molecule has 0 unspecified atom stereocenters. The predicted octanol–water partition coefficient (Wildman–Crippen LogP) is 0.555. The smallest absolute Gasteiger partial charge is 0.252 e. The van der Waals surface area contributed by atoms with E-state index in [9.17, 15) is 9.18 Å². The molecule has 1 amide bonds. The molecule has 0 atom stereocenters. The normalized spacial score (nSPS) is 9.83. The number of hydrogen-bond donors (Lipinski definition) is 2. The van der Waals surface area contributed by atoms with Gasteiger partial charge >= 0.3 is 0 Å². The molecule has 1 aromatic rings. The summed E-state index contributed by atoms with van der Waals surface area (Å²) in [5.74, 6) is -1.76. The topological polar surface area (TPSA) is 82.0 Å². The molecule has 64 valence electrons. The van der Waals surface area contributed by atoms with Crippen molar-refractivity contribution >= 4 is 23.2 Å². The number of anilines is 1. The van der Waals surface area contributed by atoms with Crippen molar-refractivity contribution in [2.75, 3.05) is 5.73 Å². The summed E-state index contributed by atoms with van der Waals surface area (Å²) in [7, 11) is 0. The van der Waals surface area contributed by atoms with Gasteiger partial charge in [0.15, 0.2) is 11.0 Å². The first-order chi connectivity index (χ1) is 5.54. The van der Waals surface area contributed by atoms with Crippen LogP contribution in [0.15, 0.2) is 6.20 Å². The highest BCUT2D eigenvalue weighted by molar-refractivity contribution is 6.30. The summed E-state index contributed by atoms with van der Waals surface area (Å²) >= 11 is 5.27. The second kappa shape index (κ2) is 2.94. The molecule has 0 radical (unpaired) electrons. The number of amides is 1. The maximum atomic E-state index is 12.8. The summed E-state index contributed by atoms with van der Waals surface area (Å²) in [6.07, 6.45) is 1.03. The van der Waals surface area contributed by atoms with Gasteiger partial charge in [0.2, 0.25) is 0 Å². The lowest BCUT2D eigenvalue weighted by Crippen LogP contribution is -2.15. The highest BCUT2D eigenvalue weighted by Crippen LogP contribution is 2.20. The standard InChI is InChI=1S/C6H5ClFN3O/c7-5-3(8)4(9)2(1-11-5)6(10)12/h1H,(H2,9,11)(H2,10,12). The average Bonchev–Trinajstić information content (AvgIpc) is 2.00. The van der Waals surface area contributed by atoms with Gasteiger partial charge in [-0.2, -0.15) is 0 Å². The van der Waals surface area contributed by atoms with Gasteiger partial charge in [0.1, 0.15) is 0 Å². The molecule has 6 heteroatoms. The van der Waals surface area contributed by atoms with E-state index in [0.717, 1.165) is 6.20 Å². The Morgan fingerprint density at radius 2 is 2.25 bits per heavy atom. The number of rotatable bonds is 1. The number of carbonyl (C=O) groups is 1. The first-order valence-electron chi connectivity index (χ1n) is 2.93. The Morgan fingerprint density at radius 3 is 2.75 bits per heavy atom. The largest absolute Gasteiger partial charge is 0.396 e. The number of nitrogen functional groups attached to an aromatic ring is 1. The summed E-state index contributed by atoms with van der Waals surface area (Å²) in [6.45, 7) is 0. The molecule has 0 saturated heterocycles. The van der Waals surface area contributed by atoms with Crippen molar-refractivity contribution < 1.29 is 9.18 Å². The summed E-state index contributed by atoms with van der Waals surface area (Å²) in [5, 5.41) is -0.377. The molecule has 1 heterocycles. The van der Waals surface area contributed by atoms with Crippen LogP contribution in [0, 0.1) is 5.82 Å². The second-order valence-corrected chi connectivity index (χ2v) is 2.41. The average molecular weight is 190 g/mol. The van der Waals surface area contributed by atoms with Crippen LogP contribution < -0.4 is 11.5 Å². The van der Waals surface area contributed by atoms with Crippen LogP contribution in [0.25, 0.3) is 0 Å². The van der Waals surface area contributed by atoms with Crippen LogP contribution >= 0.6 is 11.6 Å². The van der Waals surface area contributed by atoms with Crippen molar-refractivity contribution in [3.8, 4) is 0 Å². The molecule has 0 saturated carbocycles. The van der Waals surface area contributed by atoms with E-state index >= 15 is 0 Å². The van der Waals surface area contributed by atoms with E-state index in [2.05, 4.69) is 4.98 Å². The van der Waals surface area contributed by atoms with Crippen molar-refractivity contribution in [3.63, 3.8) is 0 Å². The number of halogens is 2. The minimum atomic E-state index is -0.923. The monoisotopic (exact) mass is 189 g/mol. The lowest BCUT2D eigenvalue weighted by molar-refractivity contribution is 0.100. The van der Waals surface area contributed by atoms with Gasteiger partial charge in [0.25, 0.3) is 5.91 Å². The third-order valence-electron chi connectivity index (χ3n) is 1.28. The predicted molar refractivity (Wildman–Crippen MR) is 42.1 cm³/mol. The number of nitrogens with zero attached hydrogens (tertiary/aromatic N) is 1. The van der Waals surface area contributed by atoms with Gasteiger partial charge in [-0.1, -0.05) is 11.6 Å². The molecular weight excluding hydrogens is 185 g/mol. The first kappa shape index (κ1) is 8.73. The summed E-state index contributed by atoms with van der Waals surface area (Å²) in [6, 6.07) is 0. The molecule has 4 N–H and O–H groups in total. The van der Waals surface area contributed by atoms with Gasteiger partial charge in [-0.05, 0) is 0 Å². The minimum Gasteiger partial charge on any atom is -0.396 e. The fraction of sp³-hybridized carbons (Fsp3) is 0.